The maximum atomic E-state index is 10.7. The molecular weight excluding hydrogens is 288 g/mol. The van der Waals surface area contributed by atoms with Gasteiger partial charge in [-0.15, -0.1) is 0 Å². The fraction of sp³-hybridized carbons (Fsp3) is 0.100. The minimum atomic E-state index is -1.01. The molecule has 2 aromatic heterocycles. The fourth-order valence-corrected chi connectivity index (χ4v) is 1.72. The lowest BCUT2D eigenvalue weighted by Crippen LogP contribution is -2.00. The van der Waals surface area contributed by atoms with Crippen LogP contribution >= 0.6 is 15.9 Å². The van der Waals surface area contributed by atoms with Crippen molar-refractivity contribution in [3.8, 4) is 0 Å². The van der Waals surface area contributed by atoms with Crippen LogP contribution in [0.5, 0.6) is 0 Å². The van der Waals surface area contributed by atoms with Crippen molar-refractivity contribution in [1.29, 1.82) is 0 Å². The van der Waals surface area contributed by atoms with Crippen molar-refractivity contribution in [2.24, 2.45) is 7.05 Å². The van der Waals surface area contributed by atoms with Gasteiger partial charge in [0.1, 0.15) is 5.82 Å². The molecule has 0 aliphatic carbocycles. The lowest BCUT2D eigenvalue weighted by molar-refractivity contribution is 0.0696. The zero-order chi connectivity index (χ0) is 12.4. The molecule has 2 aromatic rings. The fourth-order valence-electron chi connectivity index (χ4n) is 1.27. The number of aromatic nitrogens is 3. The van der Waals surface area contributed by atoms with E-state index in [9.17, 15) is 4.79 Å². The quantitative estimate of drug-likeness (QED) is 0.906. The zero-order valence-corrected chi connectivity index (χ0v) is 10.5. The lowest BCUT2D eigenvalue weighted by Gasteiger charge is -2.05. The largest absolute Gasteiger partial charge is 0.478 e. The van der Waals surface area contributed by atoms with Gasteiger partial charge in [-0.2, -0.15) is 5.10 Å². The first-order chi connectivity index (χ1) is 8.06. The van der Waals surface area contributed by atoms with E-state index >= 15 is 0 Å². The molecule has 2 rings (SSSR count). The van der Waals surface area contributed by atoms with Gasteiger partial charge in [-0.3, -0.25) is 4.68 Å². The van der Waals surface area contributed by atoms with Crippen LogP contribution in [0.15, 0.2) is 29.1 Å². The first-order valence-electron chi connectivity index (χ1n) is 4.71. The predicted octanol–water partition coefficient (Wildman–Crippen LogP) is 2.02. The summed E-state index contributed by atoms with van der Waals surface area (Å²) in [7, 11) is 1.81. The summed E-state index contributed by atoms with van der Waals surface area (Å²) in [5.74, 6) is -0.464. The number of carbonyl (C=O) groups is 1. The molecule has 0 bridgehead atoms. The van der Waals surface area contributed by atoms with Gasteiger partial charge in [0.15, 0.2) is 0 Å². The molecule has 0 atom stereocenters. The third-order valence-corrected chi connectivity index (χ3v) is 2.66. The van der Waals surface area contributed by atoms with Gasteiger partial charge in [0.25, 0.3) is 0 Å². The molecule has 0 saturated heterocycles. The van der Waals surface area contributed by atoms with E-state index in [4.69, 9.17) is 5.11 Å². The zero-order valence-electron chi connectivity index (χ0n) is 8.88. The molecule has 6 nitrogen and oxygen atoms in total. The Morgan fingerprint density at radius 1 is 1.53 bits per heavy atom. The van der Waals surface area contributed by atoms with E-state index in [1.165, 1.54) is 12.3 Å². The average molecular weight is 297 g/mol. The number of nitrogens with zero attached hydrogens (tertiary/aromatic N) is 3. The number of hydrogen-bond acceptors (Lipinski definition) is 4. The number of aromatic carboxylic acids is 1. The average Bonchev–Trinajstić information content (AvgIpc) is 2.67. The van der Waals surface area contributed by atoms with Crippen molar-refractivity contribution in [2.45, 2.75) is 0 Å². The second-order valence-corrected chi connectivity index (χ2v) is 4.24. The summed E-state index contributed by atoms with van der Waals surface area (Å²) < 4.78 is 2.24. The van der Waals surface area contributed by atoms with Gasteiger partial charge >= 0.3 is 5.97 Å². The van der Waals surface area contributed by atoms with Crippen LogP contribution in [0, 0.1) is 0 Å². The number of carboxylic acids is 1. The van der Waals surface area contributed by atoms with Crippen LogP contribution in [0.1, 0.15) is 10.4 Å². The predicted molar refractivity (Wildman–Crippen MR) is 65.4 cm³/mol. The van der Waals surface area contributed by atoms with Gasteiger partial charge in [-0.25, -0.2) is 9.78 Å². The van der Waals surface area contributed by atoms with E-state index in [1.54, 1.807) is 24.1 Å². The van der Waals surface area contributed by atoms with Crippen molar-refractivity contribution in [1.82, 2.24) is 14.8 Å². The molecule has 0 saturated carbocycles. The van der Waals surface area contributed by atoms with Gasteiger partial charge in [-0.1, -0.05) is 0 Å². The molecule has 0 aromatic carbocycles. The van der Waals surface area contributed by atoms with E-state index < -0.39 is 5.97 Å². The molecule has 88 valence electrons. The highest BCUT2D eigenvalue weighted by atomic mass is 79.9. The molecule has 0 aliphatic rings. The first kappa shape index (κ1) is 11.6. The Bertz CT molecular complexity index is 567. The van der Waals surface area contributed by atoms with E-state index in [-0.39, 0.29) is 5.56 Å². The highest BCUT2D eigenvalue weighted by Gasteiger charge is 2.08. The molecule has 0 radical (unpaired) electrons. The summed E-state index contributed by atoms with van der Waals surface area (Å²) >= 11 is 3.26. The Labute approximate surface area is 105 Å². The summed E-state index contributed by atoms with van der Waals surface area (Å²) in [4.78, 5) is 14.8. The van der Waals surface area contributed by atoms with E-state index in [2.05, 4.69) is 31.3 Å². The normalized spacial score (nSPS) is 10.2. The number of halogens is 1. The number of aryl methyl sites for hydroxylation is 1. The van der Waals surface area contributed by atoms with Crippen LogP contribution in [-0.2, 0) is 7.05 Å². The van der Waals surface area contributed by atoms with Crippen molar-refractivity contribution in [3.63, 3.8) is 0 Å². The highest BCUT2D eigenvalue weighted by Crippen LogP contribution is 2.24. The number of hydrogen-bond donors (Lipinski definition) is 2. The Morgan fingerprint density at radius 2 is 2.29 bits per heavy atom. The summed E-state index contributed by atoms with van der Waals surface area (Å²) in [6.07, 6.45) is 4.74. The van der Waals surface area contributed by atoms with Gasteiger partial charge in [0.2, 0.25) is 0 Å². The lowest BCUT2D eigenvalue weighted by atomic mass is 10.3. The van der Waals surface area contributed by atoms with Crippen molar-refractivity contribution < 1.29 is 9.90 Å². The molecule has 17 heavy (non-hydrogen) atoms. The van der Waals surface area contributed by atoms with Gasteiger partial charge in [-0.05, 0) is 22.0 Å². The second-order valence-electron chi connectivity index (χ2n) is 3.39. The second kappa shape index (κ2) is 4.54. The standard InChI is InChI=1S/C10H9BrN4O2/c1-15-5-7(4-13-15)14-9-8(11)2-6(3-12-9)10(16)17/h2-5H,1H3,(H,12,14)(H,16,17). The van der Waals surface area contributed by atoms with Gasteiger partial charge in [0.05, 0.1) is 21.9 Å². The summed E-state index contributed by atoms with van der Waals surface area (Å²) in [6, 6.07) is 1.49. The van der Waals surface area contributed by atoms with E-state index in [0.29, 0.717) is 10.3 Å². The molecule has 0 unspecified atom stereocenters. The molecule has 0 spiro atoms. The third kappa shape index (κ3) is 2.62. The Balaban J connectivity index is 2.25. The van der Waals surface area contributed by atoms with Gasteiger partial charge in [0, 0.05) is 19.4 Å². The van der Waals surface area contributed by atoms with Crippen molar-refractivity contribution in [3.05, 3.63) is 34.7 Å². The van der Waals surface area contributed by atoms with Gasteiger partial charge < -0.3 is 10.4 Å². The Kier molecular flexibility index (Phi) is 3.10. The van der Waals surface area contributed by atoms with Crippen LogP contribution in [-0.4, -0.2) is 25.8 Å². The van der Waals surface area contributed by atoms with Crippen molar-refractivity contribution in [2.75, 3.05) is 5.32 Å². The Morgan fingerprint density at radius 3 is 2.82 bits per heavy atom. The SMILES string of the molecule is Cn1cc(Nc2ncc(C(=O)O)cc2Br)cn1. The monoisotopic (exact) mass is 296 g/mol. The van der Waals surface area contributed by atoms with Crippen molar-refractivity contribution >= 4 is 33.4 Å². The Hall–Kier alpha value is -1.89. The number of nitrogens with one attached hydrogen (secondary N) is 1. The molecule has 0 aliphatic heterocycles. The molecule has 2 N–H and O–H groups in total. The van der Waals surface area contributed by atoms with Crippen LogP contribution in [0.2, 0.25) is 0 Å². The topological polar surface area (TPSA) is 80.0 Å². The first-order valence-corrected chi connectivity index (χ1v) is 5.50. The van der Waals surface area contributed by atoms with Crippen LogP contribution < -0.4 is 5.32 Å². The minimum absolute atomic E-state index is 0.133. The number of pyridine rings is 1. The third-order valence-electron chi connectivity index (χ3n) is 2.06. The summed E-state index contributed by atoms with van der Waals surface area (Å²) in [5.41, 5.74) is 0.914. The molecule has 2 heterocycles. The maximum absolute atomic E-state index is 10.7. The maximum Gasteiger partial charge on any atom is 0.337 e. The van der Waals surface area contributed by atoms with Crippen LogP contribution in [0.3, 0.4) is 0 Å². The number of rotatable bonds is 3. The molecular formula is C10H9BrN4O2. The molecule has 7 heteroatoms. The minimum Gasteiger partial charge on any atom is -0.478 e. The summed E-state index contributed by atoms with van der Waals surface area (Å²) in [6.45, 7) is 0. The smallest absolute Gasteiger partial charge is 0.337 e. The molecule has 0 amide bonds. The highest BCUT2D eigenvalue weighted by molar-refractivity contribution is 9.10. The number of carboxylic acid groups (broad SMARTS) is 1. The van der Waals surface area contributed by atoms with Crippen LogP contribution in [0.25, 0.3) is 0 Å². The molecule has 0 fully saturated rings. The number of anilines is 2. The summed E-state index contributed by atoms with van der Waals surface area (Å²) in [5, 5.41) is 15.8. The van der Waals surface area contributed by atoms with E-state index in [0.717, 1.165) is 5.69 Å². The van der Waals surface area contributed by atoms with E-state index in [1.807, 2.05) is 0 Å². The van der Waals surface area contributed by atoms with Crippen LogP contribution in [0.4, 0.5) is 11.5 Å².